The topological polar surface area (TPSA) is 103 Å². The lowest BCUT2D eigenvalue weighted by Crippen LogP contribution is -2.45. The molecule has 0 radical (unpaired) electrons. The van der Waals surface area contributed by atoms with Gasteiger partial charge in [-0.05, 0) is 32.0 Å². The van der Waals surface area contributed by atoms with Gasteiger partial charge in [0.05, 0.1) is 12.1 Å². The lowest BCUT2D eigenvalue weighted by Gasteiger charge is -2.32. The SMILES string of the molecule is CN(Cc1ccc(C(=O)NCC2(O)CCCCC2)c(=O)[nH]1)Cc1nccn1C. The Labute approximate surface area is 164 Å². The van der Waals surface area contributed by atoms with Crippen LogP contribution in [0.25, 0.3) is 0 Å². The summed E-state index contributed by atoms with van der Waals surface area (Å²) in [5.74, 6) is 0.481. The largest absolute Gasteiger partial charge is 0.388 e. The van der Waals surface area contributed by atoms with E-state index in [0.717, 1.165) is 30.8 Å². The zero-order valence-corrected chi connectivity index (χ0v) is 16.6. The molecule has 1 aliphatic rings. The van der Waals surface area contributed by atoms with Crippen LogP contribution in [-0.4, -0.2) is 49.6 Å². The van der Waals surface area contributed by atoms with Crippen molar-refractivity contribution >= 4 is 5.91 Å². The van der Waals surface area contributed by atoms with Crippen molar-refractivity contribution in [3.63, 3.8) is 0 Å². The van der Waals surface area contributed by atoms with Crippen LogP contribution in [0.5, 0.6) is 0 Å². The standard InChI is InChI=1S/C20H29N5O3/c1-24(13-17-21-10-11-25(17)2)12-15-6-7-16(19(27)23-15)18(26)22-14-20(28)8-4-3-5-9-20/h6-7,10-11,28H,3-5,8-9,12-14H2,1-2H3,(H,22,26)(H,23,27). The van der Waals surface area contributed by atoms with E-state index in [2.05, 4.69) is 15.3 Å². The van der Waals surface area contributed by atoms with Crippen LogP contribution in [-0.2, 0) is 20.1 Å². The van der Waals surface area contributed by atoms with Gasteiger partial charge in [-0.1, -0.05) is 19.3 Å². The number of nitrogens with one attached hydrogen (secondary N) is 2. The number of hydrogen-bond acceptors (Lipinski definition) is 5. The quantitative estimate of drug-likeness (QED) is 0.662. The Morgan fingerprint density at radius 2 is 2.07 bits per heavy atom. The molecule has 2 heterocycles. The number of aromatic amines is 1. The fourth-order valence-corrected chi connectivity index (χ4v) is 3.65. The minimum Gasteiger partial charge on any atom is -0.388 e. The van der Waals surface area contributed by atoms with E-state index in [1.807, 2.05) is 29.8 Å². The van der Waals surface area contributed by atoms with E-state index in [4.69, 9.17) is 0 Å². The highest BCUT2D eigenvalue weighted by Crippen LogP contribution is 2.27. The van der Waals surface area contributed by atoms with Gasteiger partial charge in [0.25, 0.3) is 11.5 Å². The molecule has 1 amide bonds. The molecule has 0 aliphatic heterocycles. The van der Waals surface area contributed by atoms with Gasteiger partial charge >= 0.3 is 0 Å². The number of H-pyrrole nitrogens is 1. The maximum atomic E-state index is 12.4. The molecule has 8 nitrogen and oxygen atoms in total. The molecule has 0 saturated heterocycles. The molecule has 3 rings (SSSR count). The molecular weight excluding hydrogens is 358 g/mol. The van der Waals surface area contributed by atoms with Crippen molar-refractivity contribution in [2.75, 3.05) is 13.6 Å². The van der Waals surface area contributed by atoms with Crippen LogP contribution in [0.2, 0.25) is 0 Å². The average Bonchev–Trinajstić information content (AvgIpc) is 3.05. The number of rotatable bonds is 7. The summed E-state index contributed by atoms with van der Waals surface area (Å²) in [6, 6.07) is 3.30. The van der Waals surface area contributed by atoms with E-state index in [9.17, 15) is 14.7 Å². The molecule has 0 spiro atoms. The molecule has 0 aromatic carbocycles. The van der Waals surface area contributed by atoms with Gasteiger partial charge in [0.1, 0.15) is 11.4 Å². The number of nitrogens with zero attached hydrogens (tertiary/aromatic N) is 3. The van der Waals surface area contributed by atoms with Crippen molar-refractivity contribution in [3.05, 3.63) is 52.0 Å². The Balaban J connectivity index is 1.57. The van der Waals surface area contributed by atoms with E-state index in [-0.39, 0.29) is 12.1 Å². The first-order valence-electron chi connectivity index (χ1n) is 9.74. The van der Waals surface area contributed by atoms with Crippen LogP contribution in [0.15, 0.2) is 29.3 Å². The number of aryl methyl sites for hydroxylation is 1. The van der Waals surface area contributed by atoms with Crippen molar-refractivity contribution < 1.29 is 9.90 Å². The highest BCUT2D eigenvalue weighted by Gasteiger charge is 2.29. The number of aliphatic hydroxyl groups is 1. The maximum absolute atomic E-state index is 12.4. The first kappa shape index (κ1) is 20.3. The molecule has 2 aromatic heterocycles. The van der Waals surface area contributed by atoms with Gasteiger partial charge in [-0.25, -0.2) is 4.98 Å². The Morgan fingerprint density at radius 1 is 1.32 bits per heavy atom. The van der Waals surface area contributed by atoms with Crippen molar-refractivity contribution in [3.8, 4) is 0 Å². The normalized spacial score (nSPS) is 16.3. The van der Waals surface area contributed by atoms with Crippen molar-refractivity contribution in [2.45, 2.75) is 50.8 Å². The van der Waals surface area contributed by atoms with Crippen LogP contribution < -0.4 is 10.9 Å². The third-order valence-electron chi connectivity index (χ3n) is 5.35. The fraction of sp³-hybridized carbons (Fsp3) is 0.550. The molecule has 2 aromatic rings. The minimum absolute atomic E-state index is 0.0647. The Kier molecular flexibility index (Phi) is 6.31. The summed E-state index contributed by atoms with van der Waals surface area (Å²) in [4.78, 5) is 33.8. The Bertz CT molecular complexity index is 867. The van der Waals surface area contributed by atoms with Crippen LogP contribution in [0.3, 0.4) is 0 Å². The number of pyridine rings is 1. The minimum atomic E-state index is -0.853. The predicted octanol–water partition coefficient (Wildman–Crippen LogP) is 1.17. The number of aromatic nitrogens is 3. The molecule has 1 aliphatic carbocycles. The van der Waals surface area contributed by atoms with Crippen LogP contribution in [0, 0.1) is 0 Å². The van der Waals surface area contributed by atoms with E-state index < -0.39 is 17.1 Å². The molecule has 1 saturated carbocycles. The number of hydrogen-bond donors (Lipinski definition) is 3. The van der Waals surface area contributed by atoms with Gasteiger partial charge in [-0.15, -0.1) is 0 Å². The van der Waals surface area contributed by atoms with Gasteiger partial charge in [0.2, 0.25) is 0 Å². The van der Waals surface area contributed by atoms with E-state index in [1.165, 1.54) is 0 Å². The highest BCUT2D eigenvalue weighted by atomic mass is 16.3. The van der Waals surface area contributed by atoms with Crippen LogP contribution >= 0.6 is 0 Å². The van der Waals surface area contributed by atoms with Crippen molar-refractivity contribution in [2.24, 2.45) is 7.05 Å². The fourth-order valence-electron chi connectivity index (χ4n) is 3.65. The van der Waals surface area contributed by atoms with E-state index in [1.54, 1.807) is 18.3 Å². The number of carbonyl (C=O) groups excluding carboxylic acids is 1. The van der Waals surface area contributed by atoms with Crippen molar-refractivity contribution in [1.29, 1.82) is 0 Å². The zero-order chi connectivity index (χ0) is 20.1. The second-order valence-electron chi connectivity index (χ2n) is 7.82. The molecule has 0 atom stereocenters. The third kappa shape index (κ3) is 5.08. The number of carbonyl (C=O) groups is 1. The van der Waals surface area contributed by atoms with Gasteiger partial charge in [0.15, 0.2) is 0 Å². The molecule has 28 heavy (non-hydrogen) atoms. The molecule has 1 fully saturated rings. The van der Waals surface area contributed by atoms with Crippen LogP contribution in [0.1, 0.15) is 54.0 Å². The second kappa shape index (κ2) is 8.70. The molecule has 0 unspecified atom stereocenters. The lowest BCUT2D eigenvalue weighted by atomic mass is 9.85. The summed E-state index contributed by atoms with van der Waals surface area (Å²) in [6.45, 7) is 1.36. The van der Waals surface area contributed by atoms with Gasteiger partial charge in [-0.2, -0.15) is 0 Å². The van der Waals surface area contributed by atoms with Gasteiger partial charge < -0.3 is 20.0 Å². The average molecular weight is 387 g/mol. The summed E-state index contributed by atoms with van der Waals surface area (Å²) in [5, 5.41) is 13.2. The van der Waals surface area contributed by atoms with Crippen LogP contribution in [0.4, 0.5) is 0 Å². The van der Waals surface area contributed by atoms with Crippen molar-refractivity contribution in [1.82, 2.24) is 24.8 Å². The Morgan fingerprint density at radius 3 is 2.71 bits per heavy atom. The molecule has 0 bridgehead atoms. The second-order valence-corrected chi connectivity index (χ2v) is 7.82. The monoisotopic (exact) mass is 387 g/mol. The van der Waals surface area contributed by atoms with Gasteiger partial charge in [0, 0.05) is 38.2 Å². The molecule has 8 heteroatoms. The summed E-state index contributed by atoms with van der Waals surface area (Å²) in [6.07, 6.45) is 8.06. The first-order chi connectivity index (χ1) is 13.4. The summed E-state index contributed by atoms with van der Waals surface area (Å²) >= 11 is 0. The lowest BCUT2D eigenvalue weighted by molar-refractivity contribution is 0.00524. The van der Waals surface area contributed by atoms with Gasteiger partial charge in [-0.3, -0.25) is 14.5 Å². The van der Waals surface area contributed by atoms with E-state index in [0.29, 0.717) is 25.9 Å². The highest BCUT2D eigenvalue weighted by molar-refractivity contribution is 5.93. The molecule has 152 valence electrons. The number of amides is 1. The molecular formula is C20H29N5O3. The first-order valence-corrected chi connectivity index (χ1v) is 9.74. The molecule has 3 N–H and O–H groups in total. The third-order valence-corrected chi connectivity index (χ3v) is 5.35. The maximum Gasteiger partial charge on any atom is 0.261 e. The van der Waals surface area contributed by atoms with E-state index >= 15 is 0 Å². The zero-order valence-electron chi connectivity index (χ0n) is 16.6. The summed E-state index contributed by atoms with van der Waals surface area (Å²) < 4.78 is 1.95. The predicted molar refractivity (Wildman–Crippen MR) is 106 cm³/mol. The Hall–Kier alpha value is -2.45. The number of imidazole rings is 1. The summed E-state index contributed by atoms with van der Waals surface area (Å²) in [5.41, 5.74) is -0.482. The summed E-state index contributed by atoms with van der Waals surface area (Å²) in [7, 11) is 3.88. The smallest absolute Gasteiger partial charge is 0.261 e.